The highest BCUT2D eigenvalue weighted by molar-refractivity contribution is 6.01. The molecule has 7 heteroatoms. The number of hydrogen-bond donors (Lipinski definition) is 0. The predicted molar refractivity (Wildman–Crippen MR) is 126 cm³/mol. The van der Waals surface area contributed by atoms with Crippen molar-refractivity contribution in [2.75, 3.05) is 0 Å². The molecule has 0 bridgehead atoms. The Labute approximate surface area is 190 Å². The Bertz CT molecular complexity index is 1470. The minimum absolute atomic E-state index is 0.278. The molecule has 6 nitrogen and oxygen atoms in total. The molecule has 5 rings (SSSR count). The van der Waals surface area contributed by atoms with Crippen molar-refractivity contribution in [3.8, 4) is 5.75 Å². The van der Waals surface area contributed by atoms with Crippen LogP contribution in [0.15, 0.2) is 54.7 Å². The summed E-state index contributed by atoms with van der Waals surface area (Å²) < 4.78 is 23.2. The number of carbonyl (C=O) groups is 1. The third-order valence-electron chi connectivity index (χ3n) is 5.71. The van der Waals surface area contributed by atoms with E-state index >= 15 is 0 Å². The van der Waals surface area contributed by atoms with E-state index in [9.17, 15) is 9.18 Å². The van der Waals surface area contributed by atoms with E-state index < -0.39 is 0 Å². The summed E-state index contributed by atoms with van der Waals surface area (Å²) in [5.74, 6) is 0.782. The van der Waals surface area contributed by atoms with E-state index in [1.54, 1.807) is 12.1 Å². The van der Waals surface area contributed by atoms with Gasteiger partial charge in [-0.2, -0.15) is 0 Å². The number of aromatic nitrogens is 4. The summed E-state index contributed by atoms with van der Waals surface area (Å²) in [6, 6.07) is 14.3. The number of esters is 1. The third-order valence-corrected chi connectivity index (χ3v) is 5.71. The lowest BCUT2D eigenvalue weighted by Crippen LogP contribution is -2.07. The molecule has 0 amide bonds. The minimum Gasteiger partial charge on any atom is -0.424 e. The van der Waals surface area contributed by atoms with Gasteiger partial charge in [0.1, 0.15) is 22.7 Å². The van der Waals surface area contributed by atoms with E-state index in [0.29, 0.717) is 36.2 Å². The van der Waals surface area contributed by atoms with Crippen molar-refractivity contribution in [2.24, 2.45) is 0 Å². The Morgan fingerprint density at radius 2 is 1.79 bits per heavy atom. The van der Waals surface area contributed by atoms with Crippen LogP contribution in [-0.4, -0.2) is 24.9 Å². The number of halogens is 1. The Kier molecular flexibility index (Phi) is 5.54. The van der Waals surface area contributed by atoms with Crippen molar-refractivity contribution in [1.82, 2.24) is 18.9 Å². The van der Waals surface area contributed by atoms with Crippen molar-refractivity contribution in [3.63, 3.8) is 0 Å². The number of hydrogen-bond acceptors (Lipinski definition) is 4. The molecule has 0 radical (unpaired) electrons. The Balaban J connectivity index is 1.78. The molecule has 0 spiro atoms. The number of carbonyl (C=O) groups excluding carboxylic acids is 1. The van der Waals surface area contributed by atoms with Crippen molar-refractivity contribution < 1.29 is 13.9 Å². The summed E-state index contributed by atoms with van der Waals surface area (Å²) in [5.41, 5.74) is 4.18. The summed E-state index contributed by atoms with van der Waals surface area (Å²) in [6.45, 7) is 4.53. The third kappa shape index (κ3) is 3.84. The molecule has 0 atom stereocenters. The lowest BCUT2D eigenvalue weighted by Gasteiger charge is -2.09. The lowest BCUT2D eigenvalue weighted by molar-refractivity contribution is -0.134. The molecule has 3 heterocycles. The van der Waals surface area contributed by atoms with Crippen LogP contribution in [0.25, 0.3) is 27.7 Å². The highest BCUT2D eigenvalue weighted by Crippen LogP contribution is 2.34. The number of para-hydroxylation sites is 2. The van der Waals surface area contributed by atoms with Crippen LogP contribution in [-0.2, 0) is 17.8 Å². The maximum Gasteiger partial charge on any atom is 0.311 e. The first-order valence-corrected chi connectivity index (χ1v) is 11.3. The average molecular weight is 445 g/mol. The maximum absolute atomic E-state index is 13.4. The van der Waals surface area contributed by atoms with E-state index in [1.165, 1.54) is 12.1 Å². The standard InChI is InChI=1S/C26H25FN4O2/c1-3-7-22-29-25-24(26-28-19-9-5-6-10-20(19)31(22)26)21(33-23(32)8-4-2)16-30(25)15-17-11-13-18(27)14-12-17/h5-6,9-14,16H,3-4,7-8,15H2,1-2H3. The molecule has 0 aliphatic carbocycles. The van der Waals surface area contributed by atoms with Gasteiger partial charge in [0.25, 0.3) is 0 Å². The molecule has 5 aromatic rings. The lowest BCUT2D eigenvalue weighted by atomic mass is 10.2. The van der Waals surface area contributed by atoms with Crippen LogP contribution in [0.5, 0.6) is 5.75 Å². The molecule has 168 valence electrons. The van der Waals surface area contributed by atoms with Gasteiger partial charge < -0.3 is 9.30 Å². The number of fused-ring (bicyclic) bond motifs is 5. The van der Waals surface area contributed by atoms with E-state index in [-0.39, 0.29) is 11.8 Å². The molecular weight excluding hydrogens is 419 g/mol. The zero-order chi connectivity index (χ0) is 22.9. The molecular formula is C26H25FN4O2. The molecule has 0 aliphatic heterocycles. The minimum atomic E-state index is -0.287. The maximum atomic E-state index is 13.4. The number of nitrogens with zero attached hydrogens (tertiary/aromatic N) is 4. The molecule has 0 saturated carbocycles. The molecule has 0 fully saturated rings. The molecule has 33 heavy (non-hydrogen) atoms. The van der Waals surface area contributed by atoms with Gasteiger partial charge in [-0.05, 0) is 42.7 Å². The fraction of sp³-hybridized carbons (Fsp3) is 0.269. The Hall–Kier alpha value is -3.74. The first-order chi connectivity index (χ1) is 16.1. The van der Waals surface area contributed by atoms with Gasteiger partial charge in [0.15, 0.2) is 11.4 Å². The Morgan fingerprint density at radius 3 is 2.55 bits per heavy atom. The number of imidazole rings is 1. The predicted octanol–water partition coefficient (Wildman–Crippen LogP) is 5.68. The van der Waals surface area contributed by atoms with Crippen LogP contribution in [0.3, 0.4) is 0 Å². The molecule has 0 N–H and O–H groups in total. The van der Waals surface area contributed by atoms with Gasteiger partial charge in [-0.25, -0.2) is 14.4 Å². The van der Waals surface area contributed by atoms with Gasteiger partial charge in [0.05, 0.1) is 11.0 Å². The van der Waals surface area contributed by atoms with Gasteiger partial charge in [0, 0.05) is 25.6 Å². The summed E-state index contributed by atoms with van der Waals surface area (Å²) in [6.07, 6.45) is 4.55. The quantitative estimate of drug-likeness (QED) is 0.303. The second-order valence-corrected chi connectivity index (χ2v) is 8.21. The first-order valence-electron chi connectivity index (χ1n) is 11.3. The van der Waals surface area contributed by atoms with Crippen molar-refractivity contribution in [2.45, 2.75) is 46.1 Å². The SMILES string of the molecule is CCCC(=O)Oc1cn(Cc2ccc(F)cc2)c2nc(CCC)n3c4ccccc4nc3c12. The summed E-state index contributed by atoms with van der Waals surface area (Å²) in [7, 11) is 0. The smallest absolute Gasteiger partial charge is 0.311 e. The Morgan fingerprint density at radius 1 is 1.00 bits per heavy atom. The van der Waals surface area contributed by atoms with Crippen LogP contribution < -0.4 is 4.74 Å². The fourth-order valence-electron chi connectivity index (χ4n) is 4.23. The molecule has 0 saturated heterocycles. The van der Waals surface area contributed by atoms with Gasteiger partial charge in [-0.1, -0.05) is 38.1 Å². The summed E-state index contributed by atoms with van der Waals surface area (Å²) in [4.78, 5) is 22.3. The number of rotatable bonds is 7. The topological polar surface area (TPSA) is 61.4 Å². The second-order valence-electron chi connectivity index (χ2n) is 8.21. The highest BCUT2D eigenvalue weighted by Gasteiger charge is 2.22. The molecule has 0 unspecified atom stereocenters. The van der Waals surface area contributed by atoms with Crippen molar-refractivity contribution >= 4 is 33.7 Å². The van der Waals surface area contributed by atoms with Crippen LogP contribution >= 0.6 is 0 Å². The number of ether oxygens (including phenoxy) is 1. The van der Waals surface area contributed by atoms with E-state index in [4.69, 9.17) is 14.7 Å². The largest absolute Gasteiger partial charge is 0.424 e. The number of aryl methyl sites for hydroxylation is 1. The zero-order valence-corrected chi connectivity index (χ0v) is 18.7. The molecule has 2 aromatic carbocycles. The summed E-state index contributed by atoms with van der Waals surface area (Å²) >= 11 is 0. The van der Waals surface area contributed by atoms with E-state index in [1.807, 2.05) is 42.0 Å². The van der Waals surface area contributed by atoms with E-state index in [0.717, 1.165) is 40.9 Å². The average Bonchev–Trinajstić information content (AvgIpc) is 3.34. The van der Waals surface area contributed by atoms with Crippen LogP contribution in [0.1, 0.15) is 44.5 Å². The fourth-order valence-corrected chi connectivity index (χ4v) is 4.23. The first kappa shape index (κ1) is 21.1. The normalized spacial score (nSPS) is 11.6. The monoisotopic (exact) mass is 444 g/mol. The molecule has 0 aliphatic rings. The van der Waals surface area contributed by atoms with Gasteiger partial charge in [-0.3, -0.25) is 9.20 Å². The van der Waals surface area contributed by atoms with E-state index in [2.05, 4.69) is 11.3 Å². The zero-order valence-electron chi connectivity index (χ0n) is 18.7. The summed E-state index contributed by atoms with van der Waals surface area (Å²) in [5, 5.41) is 0.706. The second kappa shape index (κ2) is 8.65. The van der Waals surface area contributed by atoms with Gasteiger partial charge in [-0.15, -0.1) is 0 Å². The van der Waals surface area contributed by atoms with Gasteiger partial charge >= 0.3 is 5.97 Å². The van der Waals surface area contributed by atoms with Crippen LogP contribution in [0.4, 0.5) is 4.39 Å². The van der Waals surface area contributed by atoms with Crippen molar-refractivity contribution in [1.29, 1.82) is 0 Å². The molecule has 3 aromatic heterocycles. The number of benzene rings is 2. The van der Waals surface area contributed by atoms with Crippen LogP contribution in [0.2, 0.25) is 0 Å². The van der Waals surface area contributed by atoms with Crippen LogP contribution in [0, 0.1) is 5.82 Å². The highest BCUT2D eigenvalue weighted by atomic mass is 19.1. The van der Waals surface area contributed by atoms with Gasteiger partial charge in [0.2, 0.25) is 0 Å². The van der Waals surface area contributed by atoms with Crippen molar-refractivity contribution in [3.05, 3.63) is 71.9 Å².